The lowest BCUT2D eigenvalue weighted by atomic mass is 10.1. The van der Waals surface area contributed by atoms with Crippen molar-refractivity contribution in [3.63, 3.8) is 0 Å². The van der Waals surface area contributed by atoms with Crippen molar-refractivity contribution in [1.29, 1.82) is 0 Å². The predicted octanol–water partition coefficient (Wildman–Crippen LogP) is 2.19. The Balaban J connectivity index is 1.41. The molecule has 3 aromatic rings. The van der Waals surface area contributed by atoms with E-state index in [2.05, 4.69) is 25.7 Å². The van der Waals surface area contributed by atoms with Gasteiger partial charge in [-0.15, -0.1) is 0 Å². The van der Waals surface area contributed by atoms with Crippen LogP contribution < -0.4 is 5.32 Å². The van der Waals surface area contributed by atoms with Gasteiger partial charge in [0.05, 0.1) is 0 Å². The van der Waals surface area contributed by atoms with E-state index in [1.54, 1.807) is 6.92 Å². The molecule has 7 nitrogen and oxygen atoms in total. The van der Waals surface area contributed by atoms with Crippen molar-refractivity contribution in [3.05, 3.63) is 52.7 Å². The second kappa shape index (κ2) is 5.92. The third-order valence-corrected chi connectivity index (χ3v) is 4.21. The summed E-state index contributed by atoms with van der Waals surface area (Å²) in [5, 5.41) is 13.9. The van der Waals surface area contributed by atoms with Gasteiger partial charge in [-0.1, -0.05) is 29.4 Å². The number of aromatic nitrogens is 4. The molecule has 4 rings (SSSR count). The van der Waals surface area contributed by atoms with Crippen LogP contribution in [0, 0.1) is 6.92 Å². The lowest BCUT2D eigenvalue weighted by Crippen LogP contribution is -2.24. The Kier molecular flexibility index (Phi) is 3.60. The average molecular weight is 323 g/mol. The number of carbonyl (C=O) groups is 1. The maximum Gasteiger partial charge on any atom is 0.272 e. The van der Waals surface area contributed by atoms with Crippen LogP contribution in [-0.4, -0.2) is 26.2 Å². The molecule has 0 saturated carbocycles. The van der Waals surface area contributed by atoms with Crippen molar-refractivity contribution in [2.45, 2.75) is 32.7 Å². The maximum absolute atomic E-state index is 12.3. The van der Waals surface area contributed by atoms with Gasteiger partial charge in [-0.25, -0.2) is 0 Å². The molecule has 2 aromatic heterocycles. The molecule has 0 saturated heterocycles. The number of aromatic amines is 1. The Morgan fingerprint density at radius 1 is 1.29 bits per heavy atom. The molecule has 1 aliphatic rings. The maximum atomic E-state index is 12.3. The molecule has 0 radical (unpaired) electrons. The van der Waals surface area contributed by atoms with E-state index in [0.29, 0.717) is 24.0 Å². The van der Waals surface area contributed by atoms with Gasteiger partial charge in [0.15, 0.2) is 5.69 Å². The highest BCUT2D eigenvalue weighted by Gasteiger charge is 2.22. The van der Waals surface area contributed by atoms with Crippen LogP contribution in [0.1, 0.15) is 39.6 Å². The van der Waals surface area contributed by atoms with Crippen LogP contribution in [0.4, 0.5) is 0 Å². The number of carbonyl (C=O) groups excluding carboxylic acids is 1. The van der Waals surface area contributed by atoms with Gasteiger partial charge >= 0.3 is 0 Å². The summed E-state index contributed by atoms with van der Waals surface area (Å²) in [7, 11) is 0. The van der Waals surface area contributed by atoms with E-state index in [4.69, 9.17) is 4.52 Å². The van der Waals surface area contributed by atoms with Crippen molar-refractivity contribution in [2.75, 3.05) is 0 Å². The van der Waals surface area contributed by atoms with Gasteiger partial charge in [-0.05, 0) is 24.8 Å². The summed E-state index contributed by atoms with van der Waals surface area (Å²) in [6.45, 7) is 2.21. The zero-order chi connectivity index (χ0) is 16.5. The fraction of sp³-hybridized carbons (Fsp3) is 0.294. The Bertz CT molecular complexity index is 879. The number of hydrogen-bond acceptors (Lipinski definition) is 5. The standard InChI is InChI=1S/C17H17N5O2/c1-10-19-16(22-24-10)12-7-5-11(6-8-12)9-18-17(23)15-13-3-2-4-14(13)20-21-15/h5-8H,2-4,9H2,1H3,(H,18,23)(H,20,21). The second-order valence-electron chi connectivity index (χ2n) is 5.90. The summed E-state index contributed by atoms with van der Waals surface area (Å²) in [4.78, 5) is 16.5. The molecule has 0 aliphatic heterocycles. The van der Waals surface area contributed by atoms with Crippen molar-refractivity contribution in [1.82, 2.24) is 25.7 Å². The molecule has 0 fully saturated rings. The highest BCUT2D eigenvalue weighted by atomic mass is 16.5. The van der Waals surface area contributed by atoms with Crippen LogP contribution in [0.25, 0.3) is 11.4 Å². The van der Waals surface area contributed by atoms with Crippen molar-refractivity contribution in [2.24, 2.45) is 0 Å². The van der Waals surface area contributed by atoms with Crippen molar-refractivity contribution < 1.29 is 9.32 Å². The first-order chi connectivity index (χ1) is 11.7. The summed E-state index contributed by atoms with van der Waals surface area (Å²) >= 11 is 0. The van der Waals surface area contributed by atoms with Crippen LogP contribution in [0.3, 0.4) is 0 Å². The highest BCUT2D eigenvalue weighted by Crippen LogP contribution is 2.22. The van der Waals surface area contributed by atoms with Gasteiger partial charge in [0.2, 0.25) is 11.7 Å². The third kappa shape index (κ3) is 2.68. The largest absolute Gasteiger partial charge is 0.347 e. The Hall–Kier alpha value is -2.96. The lowest BCUT2D eigenvalue weighted by Gasteiger charge is -2.05. The number of aryl methyl sites for hydroxylation is 2. The number of rotatable bonds is 4. The SMILES string of the molecule is Cc1nc(-c2ccc(CNC(=O)c3n[nH]c4c3CCC4)cc2)no1. The molecule has 1 aromatic carbocycles. The molecule has 24 heavy (non-hydrogen) atoms. The van der Waals surface area contributed by atoms with Crippen molar-refractivity contribution in [3.8, 4) is 11.4 Å². The number of nitrogens with one attached hydrogen (secondary N) is 2. The Labute approximate surface area is 138 Å². The molecule has 0 unspecified atom stereocenters. The number of H-pyrrole nitrogens is 1. The van der Waals surface area contributed by atoms with Gasteiger partial charge in [-0.2, -0.15) is 10.1 Å². The van der Waals surface area contributed by atoms with Gasteiger partial charge < -0.3 is 9.84 Å². The summed E-state index contributed by atoms with van der Waals surface area (Å²) in [6.07, 6.45) is 2.99. The Morgan fingerprint density at radius 2 is 2.12 bits per heavy atom. The molecule has 0 bridgehead atoms. The van der Waals surface area contributed by atoms with E-state index in [1.165, 1.54) is 0 Å². The zero-order valence-corrected chi connectivity index (χ0v) is 13.3. The molecule has 122 valence electrons. The quantitative estimate of drug-likeness (QED) is 0.767. The van der Waals surface area contributed by atoms with Gasteiger partial charge in [0, 0.05) is 30.3 Å². The molecular formula is C17H17N5O2. The number of amides is 1. The van der Waals surface area contributed by atoms with E-state index in [9.17, 15) is 4.79 Å². The molecular weight excluding hydrogens is 306 g/mol. The molecule has 1 aliphatic carbocycles. The number of nitrogens with zero attached hydrogens (tertiary/aromatic N) is 3. The van der Waals surface area contributed by atoms with E-state index in [1.807, 2.05) is 24.3 Å². The summed E-state index contributed by atoms with van der Waals surface area (Å²) in [5.41, 5.74) is 4.57. The minimum absolute atomic E-state index is 0.132. The van der Waals surface area contributed by atoms with Crippen LogP contribution >= 0.6 is 0 Å². The molecule has 0 atom stereocenters. The third-order valence-electron chi connectivity index (χ3n) is 4.21. The number of fused-ring (bicyclic) bond motifs is 1. The first-order valence-electron chi connectivity index (χ1n) is 7.94. The van der Waals surface area contributed by atoms with Gasteiger partial charge in [0.25, 0.3) is 5.91 Å². The van der Waals surface area contributed by atoms with E-state index < -0.39 is 0 Å². The summed E-state index contributed by atoms with van der Waals surface area (Å²) < 4.78 is 4.98. The normalized spacial score (nSPS) is 13.0. The Morgan fingerprint density at radius 3 is 2.88 bits per heavy atom. The monoisotopic (exact) mass is 323 g/mol. The summed E-state index contributed by atoms with van der Waals surface area (Å²) in [5.74, 6) is 0.968. The predicted molar refractivity (Wildman–Crippen MR) is 86.3 cm³/mol. The first kappa shape index (κ1) is 14.6. The zero-order valence-electron chi connectivity index (χ0n) is 13.3. The smallest absolute Gasteiger partial charge is 0.272 e. The minimum atomic E-state index is -0.132. The molecule has 0 spiro atoms. The van der Waals surface area contributed by atoms with Crippen LogP contribution in [-0.2, 0) is 19.4 Å². The minimum Gasteiger partial charge on any atom is -0.347 e. The van der Waals surface area contributed by atoms with Crippen LogP contribution in [0.5, 0.6) is 0 Å². The molecule has 7 heteroatoms. The fourth-order valence-electron chi connectivity index (χ4n) is 2.96. The molecule has 2 heterocycles. The van der Waals surface area contributed by atoms with Crippen LogP contribution in [0.2, 0.25) is 0 Å². The molecule has 1 amide bonds. The number of hydrogen-bond donors (Lipinski definition) is 2. The van der Waals surface area contributed by atoms with Gasteiger partial charge in [0.1, 0.15) is 0 Å². The van der Waals surface area contributed by atoms with Crippen molar-refractivity contribution >= 4 is 5.91 Å². The highest BCUT2D eigenvalue weighted by molar-refractivity contribution is 5.94. The first-order valence-corrected chi connectivity index (χ1v) is 7.94. The second-order valence-corrected chi connectivity index (χ2v) is 5.90. The topological polar surface area (TPSA) is 96.7 Å². The van der Waals surface area contributed by atoms with Gasteiger partial charge in [-0.3, -0.25) is 9.89 Å². The molecule has 2 N–H and O–H groups in total. The van der Waals surface area contributed by atoms with E-state index >= 15 is 0 Å². The lowest BCUT2D eigenvalue weighted by molar-refractivity contribution is 0.0945. The van der Waals surface area contributed by atoms with E-state index in [-0.39, 0.29) is 5.91 Å². The number of benzene rings is 1. The van der Waals surface area contributed by atoms with E-state index in [0.717, 1.165) is 41.6 Å². The fourth-order valence-corrected chi connectivity index (χ4v) is 2.96. The summed E-state index contributed by atoms with van der Waals surface area (Å²) in [6, 6.07) is 7.71. The average Bonchev–Trinajstić information content (AvgIpc) is 3.29. The van der Waals surface area contributed by atoms with Crippen LogP contribution in [0.15, 0.2) is 28.8 Å².